The van der Waals surface area contributed by atoms with Gasteiger partial charge in [-0.1, -0.05) is 54.1 Å². The molecule has 0 aliphatic carbocycles. The average molecular weight is 639 g/mol. The van der Waals surface area contributed by atoms with Crippen LogP contribution >= 0.6 is 11.6 Å². The molecule has 7 nitrogen and oxygen atoms in total. The Hall–Kier alpha value is -3.54. The molecule has 0 saturated carbocycles. The number of nitrogens with one attached hydrogen (secondary N) is 1. The van der Waals surface area contributed by atoms with Crippen molar-refractivity contribution in [3.05, 3.63) is 130 Å². The van der Waals surface area contributed by atoms with Crippen LogP contribution in [0.4, 0.5) is 8.78 Å². The number of halogens is 3. The van der Waals surface area contributed by atoms with Crippen LogP contribution in [0.5, 0.6) is 0 Å². The first-order chi connectivity index (χ1) is 21.1. The van der Waals surface area contributed by atoms with Gasteiger partial charge in [-0.3, -0.25) is 9.78 Å². The number of sulfonamides is 1. The molecule has 1 aliphatic heterocycles. The van der Waals surface area contributed by atoms with Gasteiger partial charge in [0.15, 0.2) is 5.78 Å². The summed E-state index contributed by atoms with van der Waals surface area (Å²) in [5, 5.41) is 3.74. The van der Waals surface area contributed by atoms with Crippen LogP contribution in [0.25, 0.3) is 0 Å². The summed E-state index contributed by atoms with van der Waals surface area (Å²) in [6.07, 6.45) is 2.84. The lowest BCUT2D eigenvalue weighted by Gasteiger charge is -2.35. The summed E-state index contributed by atoms with van der Waals surface area (Å²) in [5.74, 6) is -2.09. The number of aromatic nitrogens is 1. The molecule has 1 aromatic heterocycles. The van der Waals surface area contributed by atoms with E-state index in [1.54, 1.807) is 66.7 Å². The maximum atomic E-state index is 15.2. The zero-order chi connectivity index (χ0) is 31.3. The molecule has 2 heterocycles. The highest BCUT2D eigenvalue weighted by Crippen LogP contribution is 2.31. The molecule has 0 radical (unpaired) electrons. The molecule has 44 heavy (non-hydrogen) atoms. The van der Waals surface area contributed by atoms with E-state index in [1.165, 1.54) is 22.6 Å². The summed E-state index contributed by atoms with van der Waals surface area (Å²) >= 11 is 6.08. The molecule has 3 aromatic carbocycles. The fraction of sp³-hybridized carbons (Fsp3) is 0.273. The molecule has 11 heteroatoms. The molecular weight excluding hydrogens is 606 g/mol. The molecule has 0 amide bonds. The highest BCUT2D eigenvalue weighted by Gasteiger charge is 2.34. The van der Waals surface area contributed by atoms with Crippen molar-refractivity contribution in [1.82, 2.24) is 14.6 Å². The molecule has 4 aromatic rings. The highest BCUT2D eigenvalue weighted by molar-refractivity contribution is 7.89. The number of rotatable bonds is 11. The number of ketones is 1. The van der Waals surface area contributed by atoms with Gasteiger partial charge < -0.3 is 11.1 Å². The quantitative estimate of drug-likeness (QED) is 0.243. The third kappa shape index (κ3) is 7.22. The van der Waals surface area contributed by atoms with Gasteiger partial charge in [0.2, 0.25) is 10.0 Å². The van der Waals surface area contributed by atoms with Crippen molar-refractivity contribution in [2.24, 2.45) is 5.73 Å². The van der Waals surface area contributed by atoms with Crippen molar-refractivity contribution in [1.29, 1.82) is 0 Å². The highest BCUT2D eigenvalue weighted by atomic mass is 35.5. The van der Waals surface area contributed by atoms with E-state index < -0.39 is 39.7 Å². The number of hydrogen-bond acceptors (Lipinski definition) is 6. The van der Waals surface area contributed by atoms with Crippen LogP contribution in [0, 0.1) is 11.6 Å². The number of hydrogen-bond donors (Lipinski definition) is 2. The minimum absolute atomic E-state index is 0.184. The Morgan fingerprint density at radius 3 is 2.50 bits per heavy atom. The van der Waals surface area contributed by atoms with Crippen LogP contribution in [0.3, 0.4) is 0 Å². The molecule has 0 spiro atoms. The Bertz CT molecular complexity index is 1710. The first-order valence-electron chi connectivity index (χ1n) is 14.3. The van der Waals surface area contributed by atoms with Gasteiger partial charge in [0.05, 0.1) is 17.1 Å². The first kappa shape index (κ1) is 31.9. The summed E-state index contributed by atoms with van der Waals surface area (Å²) in [4.78, 5) is 17.9. The monoisotopic (exact) mass is 638 g/mol. The number of benzene rings is 3. The van der Waals surface area contributed by atoms with Crippen LogP contribution in [-0.2, 0) is 27.7 Å². The summed E-state index contributed by atoms with van der Waals surface area (Å²) in [7, 11) is -3.75. The summed E-state index contributed by atoms with van der Waals surface area (Å²) in [6.45, 7) is 1.20. The number of carbonyl (C=O) groups excluding carboxylic acids is 1. The Balaban J connectivity index is 1.37. The second kappa shape index (κ2) is 14.0. The molecule has 3 N–H and O–H groups in total. The van der Waals surface area contributed by atoms with Gasteiger partial charge in [-0.25, -0.2) is 17.2 Å². The van der Waals surface area contributed by atoms with Crippen LogP contribution in [0.1, 0.15) is 34.6 Å². The molecule has 230 valence electrons. The second-order valence-corrected chi connectivity index (χ2v) is 13.2. The van der Waals surface area contributed by atoms with Crippen molar-refractivity contribution in [2.45, 2.75) is 42.2 Å². The predicted molar refractivity (Wildman–Crippen MR) is 166 cm³/mol. The van der Waals surface area contributed by atoms with Gasteiger partial charge in [-0.15, -0.1) is 0 Å². The minimum atomic E-state index is -3.75. The lowest BCUT2D eigenvalue weighted by Crippen LogP contribution is -2.53. The van der Waals surface area contributed by atoms with Crippen LogP contribution in [-0.4, -0.2) is 55.2 Å². The maximum Gasteiger partial charge on any atom is 0.243 e. The Morgan fingerprint density at radius 1 is 1.02 bits per heavy atom. The van der Waals surface area contributed by atoms with Crippen LogP contribution in [0.15, 0.2) is 96.2 Å². The lowest BCUT2D eigenvalue weighted by atomic mass is 9.82. The van der Waals surface area contributed by atoms with E-state index in [-0.39, 0.29) is 35.6 Å². The SMILES string of the molecule is N[C@H](C(=O)Cc1cncc(F)c1CC[C@H]1CNCCN1S(=O)(=O)c1ccccc1)[C@@H](c1ccc(Cl)cc1)c1cccc(F)c1. The van der Waals surface area contributed by atoms with Gasteiger partial charge in [-0.05, 0) is 71.5 Å². The van der Waals surface area contributed by atoms with Crippen molar-refractivity contribution < 1.29 is 22.0 Å². The number of Topliss-reactive ketones (excluding diaryl/α,β-unsaturated/α-hetero) is 1. The molecule has 3 atom stereocenters. The Kier molecular flexibility index (Phi) is 10.2. The number of pyridine rings is 1. The molecule has 5 rings (SSSR count). The van der Waals surface area contributed by atoms with Crippen molar-refractivity contribution in [3.63, 3.8) is 0 Å². The zero-order valence-corrected chi connectivity index (χ0v) is 25.4. The van der Waals surface area contributed by atoms with Gasteiger partial charge in [-0.2, -0.15) is 4.31 Å². The molecule has 1 fully saturated rings. The zero-order valence-electron chi connectivity index (χ0n) is 23.9. The Morgan fingerprint density at radius 2 is 1.77 bits per heavy atom. The Labute approximate surface area is 261 Å². The molecule has 1 aliphatic rings. The standard InChI is InChI=1S/C33H33ClF2N4O3S/c34-25-11-9-22(10-12-25)32(23-5-4-6-26(35)17-23)33(37)31(41)18-24-19-39-21-30(36)29(24)14-13-27-20-38-15-16-40(27)44(42,43)28-7-2-1-3-8-28/h1-12,17,19,21,27,32-33,38H,13-16,18,20,37H2/t27-,32-,33+/m0/s1. The normalized spacial score (nSPS) is 17.2. The van der Waals surface area contributed by atoms with Crippen molar-refractivity contribution >= 4 is 27.4 Å². The lowest BCUT2D eigenvalue weighted by molar-refractivity contribution is -0.119. The number of nitrogens with zero attached hydrogens (tertiary/aromatic N) is 2. The van der Waals surface area contributed by atoms with E-state index in [0.717, 1.165) is 6.20 Å². The molecule has 0 unspecified atom stereocenters. The molecular formula is C33H33ClF2N4O3S. The van der Waals surface area contributed by atoms with Crippen LogP contribution in [0.2, 0.25) is 5.02 Å². The molecule has 0 bridgehead atoms. The largest absolute Gasteiger partial charge is 0.321 e. The van der Waals surface area contributed by atoms with Gasteiger partial charge >= 0.3 is 0 Å². The second-order valence-electron chi connectivity index (χ2n) is 10.8. The minimum Gasteiger partial charge on any atom is -0.321 e. The average Bonchev–Trinajstić information content (AvgIpc) is 3.02. The summed E-state index contributed by atoms with van der Waals surface area (Å²) in [6, 6.07) is 19.5. The number of nitrogens with two attached hydrogens (primary N) is 1. The van der Waals surface area contributed by atoms with E-state index >= 15 is 4.39 Å². The van der Waals surface area contributed by atoms with E-state index in [1.807, 2.05) is 0 Å². The third-order valence-corrected chi connectivity index (χ3v) is 10.2. The first-order valence-corrected chi connectivity index (χ1v) is 16.1. The topological polar surface area (TPSA) is 105 Å². The third-order valence-electron chi connectivity index (χ3n) is 8.00. The molecule has 1 saturated heterocycles. The number of carbonyl (C=O) groups is 1. The fourth-order valence-electron chi connectivity index (χ4n) is 5.75. The number of piperazine rings is 1. The van der Waals surface area contributed by atoms with Gasteiger partial charge in [0, 0.05) is 49.2 Å². The van der Waals surface area contributed by atoms with E-state index in [9.17, 15) is 17.6 Å². The predicted octanol–water partition coefficient (Wildman–Crippen LogP) is 4.88. The summed E-state index contributed by atoms with van der Waals surface area (Å²) < 4.78 is 57.7. The maximum absolute atomic E-state index is 15.2. The van der Waals surface area contributed by atoms with E-state index in [0.29, 0.717) is 41.2 Å². The van der Waals surface area contributed by atoms with Crippen molar-refractivity contribution in [3.8, 4) is 0 Å². The fourth-order valence-corrected chi connectivity index (χ4v) is 7.55. The van der Waals surface area contributed by atoms with E-state index in [2.05, 4.69) is 10.3 Å². The van der Waals surface area contributed by atoms with Crippen molar-refractivity contribution in [2.75, 3.05) is 19.6 Å². The summed E-state index contributed by atoms with van der Waals surface area (Å²) in [5.41, 5.74) is 8.43. The van der Waals surface area contributed by atoms with Crippen LogP contribution < -0.4 is 11.1 Å². The smallest absolute Gasteiger partial charge is 0.243 e. The van der Waals surface area contributed by atoms with Gasteiger partial charge in [0.25, 0.3) is 0 Å². The van der Waals surface area contributed by atoms with Gasteiger partial charge in [0.1, 0.15) is 11.6 Å². The van der Waals surface area contributed by atoms with E-state index in [4.69, 9.17) is 17.3 Å².